The van der Waals surface area contributed by atoms with Crippen LogP contribution in [0.1, 0.15) is 32.8 Å². The number of carbonyl (C=O) groups excluding carboxylic acids is 2. The van der Waals surface area contributed by atoms with E-state index in [0.29, 0.717) is 13.0 Å². The largest absolute Gasteiger partial charge is 0.325 e. The van der Waals surface area contributed by atoms with E-state index < -0.39 is 5.54 Å². The first-order valence-corrected chi connectivity index (χ1v) is 10.1. The second-order valence-electron chi connectivity index (χ2n) is 7.08. The molecule has 2 aromatic rings. The van der Waals surface area contributed by atoms with Crippen LogP contribution in [0.15, 0.2) is 29.4 Å². The van der Waals surface area contributed by atoms with E-state index in [0.717, 1.165) is 34.4 Å². The summed E-state index contributed by atoms with van der Waals surface area (Å²) in [4.78, 5) is 25.4. The van der Waals surface area contributed by atoms with Crippen molar-refractivity contribution in [2.45, 2.75) is 51.4 Å². The zero-order chi connectivity index (χ0) is 19.6. The van der Waals surface area contributed by atoms with Gasteiger partial charge in [-0.3, -0.25) is 9.69 Å². The number of urea groups is 1. The zero-order valence-corrected chi connectivity index (χ0v) is 17.0. The van der Waals surface area contributed by atoms with Gasteiger partial charge in [0.05, 0.1) is 0 Å². The lowest BCUT2D eigenvalue weighted by Crippen LogP contribution is -2.40. The average molecular weight is 388 g/mol. The van der Waals surface area contributed by atoms with E-state index >= 15 is 0 Å². The Morgan fingerprint density at radius 2 is 1.93 bits per heavy atom. The molecule has 0 spiro atoms. The van der Waals surface area contributed by atoms with Crippen LogP contribution in [-0.2, 0) is 11.3 Å². The molecular weight excluding hydrogens is 362 g/mol. The van der Waals surface area contributed by atoms with Gasteiger partial charge in [0, 0.05) is 24.4 Å². The number of hydrogen-bond acceptors (Lipinski definition) is 5. The first-order chi connectivity index (χ1) is 12.8. The molecule has 0 aliphatic carbocycles. The fourth-order valence-electron chi connectivity index (χ4n) is 3.11. The standard InChI is InChI=1S/C19H25N5O2S/c1-5-23-15(14-10-7-6-9-13(14)2)21-22-18(23)27-12-8-11-24-16(25)19(3,4)20-17(24)26/h6-7,9-10H,5,8,11-12H2,1-4H3,(H,20,26). The number of thioether (sulfide) groups is 1. The number of benzene rings is 1. The maximum atomic E-state index is 12.2. The van der Waals surface area contributed by atoms with Gasteiger partial charge in [-0.2, -0.15) is 0 Å². The van der Waals surface area contributed by atoms with Crippen molar-refractivity contribution in [3.8, 4) is 11.4 Å². The molecule has 0 saturated carbocycles. The van der Waals surface area contributed by atoms with Gasteiger partial charge in [0.25, 0.3) is 5.91 Å². The summed E-state index contributed by atoms with van der Waals surface area (Å²) in [6.07, 6.45) is 0.705. The molecule has 1 N–H and O–H groups in total. The molecule has 0 radical (unpaired) electrons. The Bertz CT molecular complexity index is 862. The summed E-state index contributed by atoms with van der Waals surface area (Å²) in [5, 5.41) is 12.3. The third-order valence-corrected chi connectivity index (χ3v) is 5.67. The van der Waals surface area contributed by atoms with E-state index in [-0.39, 0.29) is 11.9 Å². The Hall–Kier alpha value is -2.35. The van der Waals surface area contributed by atoms with Crippen LogP contribution in [0.4, 0.5) is 4.79 Å². The van der Waals surface area contributed by atoms with Crippen molar-refractivity contribution in [1.29, 1.82) is 0 Å². The van der Waals surface area contributed by atoms with Crippen LogP contribution >= 0.6 is 11.8 Å². The normalized spacial score (nSPS) is 16.1. The van der Waals surface area contributed by atoms with Crippen molar-refractivity contribution < 1.29 is 9.59 Å². The van der Waals surface area contributed by atoms with E-state index in [1.54, 1.807) is 25.6 Å². The van der Waals surface area contributed by atoms with Crippen LogP contribution in [0.5, 0.6) is 0 Å². The molecule has 1 saturated heterocycles. The maximum absolute atomic E-state index is 12.2. The molecule has 1 aliphatic rings. The van der Waals surface area contributed by atoms with E-state index in [4.69, 9.17) is 0 Å². The molecule has 3 rings (SSSR count). The van der Waals surface area contributed by atoms with Gasteiger partial charge in [0.15, 0.2) is 11.0 Å². The van der Waals surface area contributed by atoms with Crippen LogP contribution in [0.3, 0.4) is 0 Å². The molecule has 1 fully saturated rings. The molecule has 144 valence electrons. The van der Waals surface area contributed by atoms with Gasteiger partial charge in [-0.25, -0.2) is 4.79 Å². The first kappa shape index (κ1) is 19.4. The highest BCUT2D eigenvalue weighted by Gasteiger charge is 2.43. The molecule has 7 nitrogen and oxygen atoms in total. The van der Waals surface area contributed by atoms with E-state index in [2.05, 4.69) is 46.1 Å². The van der Waals surface area contributed by atoms with Crippen molar-refractivity contribution in [1.82, 2.24) is 25.0 Å². The summed E-state index contributed by atoms with van der Waals surface area (Å²) in [7, 11) is 0. The lowest BCUT2D eigenvalue weighted by molar-refractivity contribution is -0.130. The molecule has 0 bridgehead atoms. The van der Waals surface area contributed by atoms with Crippen LogP contribution in [0.25, 0.3) is 11.4 Å². The Morgan fingerprint density at radius 3 is 2.56 bits per heavy atom. The second kappa shape index (κ2) is 7.72. The number of aryl methyl sites for hydroxylation is 1. The van der Waals surface area contributed by atoms with Gasteiger partial charge in [-0.05, 0) is 39.7 Å². The predicted molar refractivity (Wildman–Crippen MR) is 106 cm³/mol. The van der Waals surface area contributed by atoms with Crippen molar-refractivity contribution in [3.63, 3.8) is 0 Å². The molecule has 1 aliphatic heterocycles. The molecular formula is C19H25N5O2S. The van der Waals surface area contributed by atoms with Crippen LogP contribution < -0.4 is 5.32 Å². The minimum Gasteiger partial charge on any atom is -0.324 e. The lowest BCUT2D eigenvalue weighted by Gasteiger charge is -2.15. The van der Waals surface area contributed by atoms with E-state index in [9.17, 15) is 9.59 Å². The van der Waals surface area contributed by atoms with Gasteiger partial charge in [0.2, 0.25) is 0 Å². The Morgan fingerprint density at radius 1 is 1.19 bits per heavy atom. The van der Waals surface area contributed by atoms with Crippen molar-refractivity contribution in [2.75, 3.05) is 12.3 Å². The smallest absolute Gasteiger partial charge is 0.324 e. The Balaban J connectivity index is 1.62. The average Bonchev–Trinajstić information content (AvgIpc) is 3.11. The highest BCUT2D eigenvalue weighted by Crippen LogP contribution is 2.26. The molecule has 0 atom stereocenters. The van der Waals surface area contributed by atoms with Gasteiger partial charge in [0.1, 0.15) is 5.54 Å². The highest BCUT2D eigenvalue weighted by molar-refractivity contribution is 7.99. The fraction of sp³-hybridized carbons (Fsp3) is 0.474. The molecule has 8 heteroatoms. The number of hydrogen-bond donors (Lipinski definition) is 1. The molecule has 0 unspecified atom stereocenters. The number of nitrogens with zero attached hydrogens (tertiary/aromatic N) is 4. The van der Waals surface area contributed by atoms with Crippen LogP contribution in [0.2, 0.25) is 0 Å². The van der Waals surface area contributed by atoms with E-state index in [1.165, 1.54) is 4.90 Å². The minimum absolute atomic E-state index is 0.170. The minimum atomic E-state index is -0.810. The van der Waals surface area contributed by atoms with Crippen molar-refractivity contribution >= 4 is 23.7 Å². The topological polar surface area (TPSA) is 80.1 Å². The number of imide groups is 1. The summed E-state index contributed by atoms with van der Waals surface area (Å²) in [6.45, 7) is 8.77. The third kappa shape index (κ3) is 3.85. The van der Waals surface area contributed by atoms with Gasteiger partial charge < -0.3 is 9.88 Å². The summed E-state index contributed by atoms with van der Waals surface area (Å²) in [6, 6.07) is 7.82. The molecule has 1 aromatic carbocycles. The molecule has 27 heavy (non-hydrogen) atoms. The van der Waals surface area contributed by atoms with Crippen LogP contribution in [-0.4, -0.2) is 49.4 Å². The number of nitrogens with one attached hydrogen (secondary N) is 1. The SMILES string of the molecule is CCn1c(SCCCN2C(=O)NC(C)(C)C2=O)nnc1-c1ccccc1C. The number of rotatable bonds is 7. The van der Waals surface area contributed by atoms with Crippen LogP contribution in [0, 0.1) is 6.92 Å². The fourth-order valence-corrected chi connectivity index (χ4v) is 4.04. The summed E-state index contributed by atoms with van der Waals surface area (Å²) in [5.41, 5.74) is 1.44. The van der Waals surface area contributed by atoms with Crippen molar-refractivity contribution in [3.05, 3.63) is 29.8 Å². The van der Waals surface area contributed by atoms with Gasteiger partial charge in [-0.15, -0.1) is 10.2 Å². The van der Waals surface area contributed by atoms with Gasteiger partial charge >= 0.3 is 6.03 Å². The second-order valence-corrected chi connectivity index (χ2v) is 8.14. The molecule has 1 aromatic heterocycles. The van der Waals surface area contributed by atoms with Gasteiger partial charge in [-0.1, -0.05) is 36.0 Å². The third-order valence-electron chi connectivity index (χ3n) is 4.62. The number of amides is 3. The maximum Gasteiger partial charge on any atom is 0.325 e. The van der Waals surface area contributed by atoms with E-state index in [1.807, 2.05) is 12.1 Å². The first-order valence-electron chi connectivity index (χ1n) is 9.11. The monoisotopic (exact) mass is 387 g/mol. The quantitative estimate of drug-likeness (QED) is 0.449. The zero-order valence-electron chi connectivity index (χ0n) is 16.2. The van der Waals surface area contributed by atoms with Crippen molar-refractivity contribution in [2.24, 2.45) is 0 Å². The highest BCUT2D eigenvalue weighted by atomic mass is 32.2. The predicted octanol–water partition coefficient (Wildman–Crippen LogP) is 3.09. The Labute approximate surface area is 163 Å². The Kier molecular flexibility index (Phi) is 5.55. The number of aromatic nitrogens is 3. The summed E-state index contributed by atoms with van der Waals surface area (Å²) < 4.78 is 2.10. The summed E-state index contributed by atoms with van der Waals surface area (Å²) >= 11 is 1.60. The molecule has 2 heterocycles. The number of carbonyl (C=O) groups is 2. The molecule has 3 amide bonds. The lowest BCUT2D eigenvalue weighted by atomic mass is 10.1. The summed E-state index contributed by atoms with van der Waals surface area (Å²) in [5.74, 6) is 1.45.